The van der Waals surface area contributed by atoms with E-state index < -0.39 is 5.97 Å². The molecule has 1 amide bonds. The Bertz CT molecular complexity index is 682. The van der Waals surface area contributed by atoms with Crippen LogP contribution in [-0.4, -0.2) is 43.0 Å². The molecule has 0 saturated carbocycles. The number of carbonyl (C=O) groups excluding carboxylic acids is 2. The van der Waals surface area contributed by atoms with Gasteiger partial charge in [0.2, 0.25) is 0 Å². The van der Waals surface area contributed by atoms with E-state index >= 15 is 0 Å². The van der Waals surface area contributed by atoms with Crippen LogP contribution in [0.3, 0.4) is 0 Å². The minimum Gasteiger partial charge on any atom is -0.465 e. The van der Waals surface area contributed by atoms with Crippen molar-refractivity contribution in [1.29, 1.82) is 0 Å². The second-order valence-corrected chi connectivity index (χ2v) is 5.77. The number of rotatable bonds is 5. The monoisotopic (exact) mass is 319 g/mol. The fourth-order valence-electron chi connectivity index (χ4n) is 1.84. The van der Waals surface area contributed by atoms with Gasteiger partial charge in [-0.05, 0) is 32.3 Å². The number of hydrogen-bond acceptors (Lipinski definition) is 6. The molecule has 1 aromatic carbocycles. The first kappa shape index (κ1) is 16.1. The van der Waals surface area contributed by atoms with Gasteiger partial charge >= 0.3 is 5.97 Å². The number of methoxy groups -OCH3 is 1. The Hall–Kier alpha value is -2.25. The average Bonchev–Trinajstić information content (AvgIpc) is 2.92. The van der Waals surface area contributed by atoms with Gasteiger partial charge in [-0.25, -0.2) is 9.78 Å². The minimum atomic E-state index is -0.475. The van der Waals surface area contributed by atoms with Crippen LogP contribution < -0.4 is 5.32 Å². The Kier molecular flexibility index (Phi) is 5.24. The number of hydrogen-bond donors (Lipinski definition) is 1. The molecule has 0 spiro atoms. The zero-order valence-electron chi connectivity index (χ0n) is 12.6. The van der Waals surface area contributed by atoms with Crippen LogP contribution >= 0.6 is 11.3 Å². The number of nitrogens with zero attached hydrogens (tertiary/aromatic N) is 2. The van der Waals surface area contributed by atoms with Crippen LogP contribution in [0.15, 0.2) is 29.6 Å². The summed E-state index contributed by atoms with van der Waals surface area (Å²) < 4.78 is 4.64. The van der Waals surface area contributed by atoms with E-state index in [4.69, 9.17) is 0 Å². The van der Waals surface area contributed by atoms with Gasteiger partial charge < -0.3 is 9.64 Å². The average molecular weight is 319 g/mol. The summed E-state index contributed by atoms with van der Waals surface area (Å²) in [5, 5.41) is 5.17. The SMILES string of the molecule is COC(=O)c1cccc(C(=O)Nc2nc(CN(C)C)cs2)c1. The molecule has 22 heavy (non-hydrogen) atoms. The lowest BCUT2D eigenvalue weighted by Gasteiger charge is -2.06. The lowest BCUT2D eigenvalue weighted by molar-refractivity contribution is 0.0600. The highest BCUT2D eigenvalue weighted by atomic mass is 32.1. The van der Waals surface area contributed by atoms with Crippen molar-refractivity contribution in [1.82, 2.24) is 9.88 Å². The summed E-state index contributed by atoms with van der Waals surface area (Å²) >= 11 is 1.37. The molecule has 0 unspecified atom stereocenters. The number of amides is 1. The maximum absolute atomic E-state index is 12.2. The fourth-order valence-corrected chi connectivity index (χ4v) is 2.53. The Morgan fingerprint density at radius 1 is 1.32 bits per heavy atom. The van der Waals surface area contributed by atoms with Gasteiger partial charge in [-0.15, -0.1) is 11.3 Å². The summed E-state index contributed by atoms with van der Waals surface area (Å²) in [6.45, 7) is 0.712. The van der Waals surface area contributed by atoms with E-state index in [0.29, 0.717) is 22.8 Å². The van der Waals surface area contributed by atoms with Crippen molar-refractivity contribution in [2.24, 2.45) is 0 Å². The van der Waals surface area contributed by atoms with Crippen LogP contribution in [-0.2, 0) is 11.3 Å². The summed E-state index contributed by atoms with van der Waals surface area (Å²) in [4.78, 5) is 30.0. The maximum atomic E-state index is 12.2. The molecule has 1 aromatic heterocycles. The van der Waals surface area contributed by atoms with E-state index in [1.54, 1.807) is 18.2 Å². The Balaban J connectivity index is 2.09. The van der Waals surface area contributed by atoms with Crippen molar-refractivity contribution in [2.45, 2.75) is 6.54 Å². The number of nitrogens with one attached hydrogen (secondary N) is 1. The topological polar surface area (TPSA) is 71.5 Å². The van der Waals surface area contributed by atoms with Crippen molar-refractivity contribution in [2.75, 3.05) is 26.5 Å². The van der Waals surface area contributed by atoms with Crippen molar-refractivity contribution < 1.29 is 14.3 Å². The second-order valence-electron chi connectivity index (χ2n) is 4.91. The lowest BCUT2D eigenvalue weighted by atomic mass is 10.1. The Morgan fingerprint density at radius 2 is 2.05 bits per heavy atom. The summed E-state index contributed by atoms with van der Waals surface area (Å²) in [6.07, 6.45) is 0. The Labute approximate surface area is 132 Å². The summed E-state index contributed by atoms with van der Waals surface area (Å²) in [7, 11) is 5.21. The normalized spacial score (nSPS) is 10.5. The number of esters is 1. The molecule has 0 atom stereocenters. The third-order valence-electron chi connectivity index (χ3n) is 2.80. The maximum Gasteiger partial charge on any atom is 0.337 e. The third-order valence-corrected chi connectivity index (χ3v) is 3.60. The molecular weight excluding hydrogens is 302 g/mol. The molecule has 1 N–H and O–H groups in total. The molecule has 0 bridgehead atoms. The van der Waals surface area contributed by atoms with Gasteiger partial charge in [0.25, 0.3) is 5.91 Å². The van der Waals surface area contributed by atoms with E-state index in [0.717, 1.165) is 5.69 Å². The largest absolute Gasteiger partial charge is 0.465 e. The van der Waals surface area contributed by atoms with E-state index in [2.05, 4.69) is 15.0 Å². The van der Waals surface area contributed by atoms with Gasteiger partial charge in [0.15, 0.2) is 5.13 Å². The number of carbonyl (C=O) groups is 2. The van der Waals surface area contributed by atoms with E-state index in [1.807, 2.05) is 24.4 Å². The van der Waals surface area contributed by atoms with Crippen molar-refractivity contribution in [3.63, 3.8) is 0 Å². The zero-order valence-corrected chi connectivity index (χ0v) is 13.4. The quantitative estimate of drug-likeness (QED) is 0.856. The van der Waals surface area contributed by atoms with Crippen LogP contribution in [0.1, 0.15) is 26.4 Å². The molecule has 0 aliphatic rings. The van der Waals surface area contributed by atoms with Gasteiger partial charge in [-0.3, -0.25) is 10.1 Å². The zero-order chi connectivity index (χ0) is 16.1. The molecule has 0 radical (unpaired) electrons. The molecule has 0 aliphatic heterocycles. The highest BCUT2D eigenvalue weighted by molar-refractivity contribution is 7.13. The first-order valence-electron chi connectivity index (χ1n) is 6.58. The molecule has 0 saturated heterocycles. The standard InChI is InChI=1S/C15H17N3O3S/c1-18(2)8-12-9-22-15(16-12)17-13(19)10-5-4-6-11(7-10)14(20)21-3/h4-7,9H,8H2,1-3H3,(H,16,17,19). The van der Waals surface area contributed by atoms with Gasteiger partial charge in [0.1, 0.15) is 0 Å². The van der Waals surface area contributed by atoms with Crippen molar-refractivity contribution in [3.8, 4) is 0 Å². The van der Waals surface area contributed by atoms with Gasteiger partial charge in [-0.2, -0.15) is 0 Å². The molecule has 0 fully saturated rings. The molecule has 7 heteroatoms. The van der Waals surface area contributed by atoms with Crippen molar-refractivity contribution >= 4 is 28.3 Å². The fraction of sp³-hybridized carbons (Fsp3) is 0.267. The molecule has 2 aromatic rings. The smallest absolute Gasteiger partial charge is 0.337 e. The number of thiazole rings is 1. The van der Waals surface area contributed by atoms with Crippen LogP contribution in [0.2, 0.25) is 0 Å². The van der Waals surface area contributed by atoms with Crippen LogP contribution in [0.5, 0.6) is 0 Å². The number of benzene rings is 1. The lowest BCUT2D eigenvalue weighted by Crippen LogP contribution is -2.14. The summed E-state index contributed by atoms with van der Waals surface area (Å²) in [5.41, 5.74) is 1.61. The summed E-state index contributed by atoms with van der Waals surface area (Å²) in [6, 6.07) is 6.37. The first-order valence-corrected chi connectivity index (χ1v) is 7.46. The predicted octanol–water partition coefficient (Wildman–Crippen LogP) is 2.24. The van der Waals surface area contributed by atoms with Gasteiger partial charge in [0.05, 0.1) is 18.4 Å². The number of aromatic nitrogens is 1. The molecule has 2 rings (SSSR count). The molecular formula is C15H17N3O3S. The third kappa shape index (κ3) is 4.12. The van der Waals surface area contributed by atoms with E-state index in [-0.39, 0.29) is 5.91 Å². The molecule has 116 valence electrons. The molecule has 0 aliphatic carbocycles. The minimum absolute atomic E-state index is 0.309. The van der Waals surface area contributed by atoms with Crippen LogP contribution in [0.25, 0.3) is 0 Å². The Morgan fingerprint density at radius 3 is 2.73 bits per heavy atom. The first-order chi connectivity index (χ1) is 10.5. The molecule has 1 heterocycles. The van der Waals surface area contributed by atoms with E-state index in [9.17, 15) is 9.59 Å². The molecule has 6 nitrogen and oxygen atoms in total. The van der Waals surface area contributed by atoms with Gasteiger partial charge in [-0.1, -0.05) is 6.07 Å². The summed E-state index contributed by atoms with van der Waals surface area (Å²) in [5.74, 6) is -0.784. The second kappa shape index (κ2) is 7.15. The van der Waals surface area contributed by atoms with E-state index in [1.165, 1.54) is 24.5 Å². The van der Waals surface area contributed by atoms with Gasteiger partial charge in [0, 0.05) is 17.5 Å². The van der Waals surface area contributed by atoms with Crippen molar-refractivity contribution in [3.05, 3.63) is 46.5 Å². The number of anilines is 1. The highest BCUT2D eigenvalue weighted by Gasteiger charge is 2.12. The predicted molar refractivity (Wildman–Crippen MR) is 85.2 cm³/mol. The van der Waals surface area contributed by atoms with Crippen LogP contribution in [0, 0.1) is 0 Å². The highest BCUT2D eigenvalue weighted by Crippen LogP contribution is 2.17. The number of ether oxygens (including phenoxy) is 1. The van der Waals surface area contributed by atoms with Crippen LogP contribution in [0.4, 0.5) is 5.13 Å².